The van der Waals surface area contributed by atoms with Gasteiger partial charge >= 0.3 is 0 Å². The maximum absolute atomic E-state index is 12.0. The van der Waals surface area contributed by atoms with E-state index in [1.807, 2.05) is 43.0 Å². The van der Waals surface area contributed by atoms with Crippen molar-refractivity contribution in [3.63, 3.8) is 0 Å². The number of thioether (sulfide) groups is 1. The van der Waals surface area contributed by atoms with E-state index in [0.29, 0.717) is 11.6 Å². The van der Waals surface area contributed by atoms with Gasteiger partial charge in [-0.25, -0.2) is 8.42 Å². The molecular weight excluding hydrogens is 332 g/mol. The normalized spacial score (nSPS) is 27.4. The lowest BCUT2D eigenvalue weighted by molar-refractivity contribution is -0.117. The molecule has 5 nitrogen and oxygen atoms in total. The molecule has 7 heteroatoms. The van der Waals surface area contributed by atoms with E-state index < -0.39 is 9.84 Å². The number of amides is 1. The van der Waals surface area contributed by atoms with Crippen LogP contribution >= 0.6 is 11.8 Å². The van der Waals surface area contributed by atoms with Crippen molar-refractivity contribution in [1.29, 1.82) is 0 Å². The minimum Gasteiger partial charge on any atom is -0.316 e. The van der Waals surface area contributed by atoms with E-state index in [1.54, 1.807) is 0 Å². The van der Waals surface area contributed by atoms with Crippen molar-refractivity contribution in [3.05, 3.63) is 29.8 Å². The van der Waals surface area contributed by atoms with Crippen LogP contribution in [0.2, 0.25) is 0 Å². The zero-order valence-corrected chi connectivity index (χ0v) is 14.9. The van der Waals surface area contributed by atoms with Crippen LogP contribution in [-0.4, -0.2) is 42.3 Å². The van der Waals surface area contributed by atoms with Gasteiger partial charge < -0.3 is 4.90 Å². The molecule has 1 aromatic carbocycles. The lowest BCUT2D eigenvalue weighted by Crippen LogP contribution is -2.37. The first-order chi connectivity index (χ1) is 10.9. The summed E-state index contributed by atoms with van der Waals surface area (Å²) in [5.74, 6) is 0.140. The molecule has 0 aromatic heterocycles. The summed E-state index contributed by atoms with van der Waals surface area (Å²) in [6, 6.07) is 7.75. The quantitative estimate of drug-likeness (QED) is 0.836. The highest BCUT2D eigenvalue weighted by Crippen LogP contribution is 2.41. The van der Waals surface area contributed by atoms with Gasteiger partial charge in [0.2, 0.25) is 5.91 Å². The molecule has 0 unspecified atom stereocenters. The summed E-state index contributed by atoms with van der Waals surface area (Å²) in [7, 11) is -3.02. The number of hydrogen-bond acceptors (Lipinski definition) is 4. The minimum atomic E-state index is -3.02. The Kier molecular flexibility index (Phi) is 4.51. The Balaban J connectivity index is 1.99. The van der Waals surface area contributed by atoms with Crippen molar-refractivity contribution < 1.29 is 13.2 Å². The first-order valence-corrected chi connectivity index (χ1v) is 10.4. The molecule has 2 saturated heterocycles. The van der Waals surface area contributed by atoms with Crippen molar-refractivity contribution in [2.75, 3.05) is 16.4 Å². The number of hydrogen-bond donors (Lipinski definition) is 0. The largest absolute Gasteiger partial charge is 0.316 e. The lowest BCUT2D eigenvalue weighted by atomic mass is 10.1. The lowest BCUT2D eigenvalue weighted by Gasteiger charge is -2.24. The monoisotopic (exact) mass is 352 g/mol. The first-order valence-electron chi connectivity index (χ1n) is 7.74. The minimum absolute atomic E-state index is 0.0475. The average Bonchev–Trinajstić information content (AvgIpc) is 2.89. The van der Waals surface area contributed by atoms with Crippen molar-refractivity contribution >= 4 is 38.4 Å². The van der Waals surface area contributed by atoms with E-state index in [-0.39, 0.29) is 28.7 Å². The van der Waals surface area contributed by atoms with Crippen molar-refractivity contribution in [2.24, 2.45) is 4.99 Å². The fraction of sp³-hybridized carbons (Fsp3) is 0.500. The summed E-state index contributed by atoms with van der Waals surface area (Å²) in [6.07, 6.45) is 1.17. The summed E-state index contributed by atoms with van der Waals surface area (Å²) < 4.78 is 23.9. The van der Waals surface area contributed by atoms with Gasteiger partial charge in [0.05, 0.1) is 17.5 Å². The smallest absolute Gasteiger partial charge is 0.248 e. The van der Waals surface area contributed by atoms with Crippen molar-refractivity contribution in [2.45, 2.75) is 38.0 Å². The second kappa shape index (κ2) is 6.28. The van der Waals surface area contributed by atoms with Gasteiger partial charge in [0.15, 0.2) is 15.0 Å². The highest BCUT2D eigenvalue weighted by molar-refractivity contribution is 8.16. The Morgan fingerprint density at radius 1 is 1.39 bits per heavy atom. The molecule has 0 spiro atoms. The van der Waals surface area contributed by atoms with Crippen LogP contribution in [0, 0.1) is 6.92 Å². The van der Waals surface area contributed by atoms with Crippen LogP contribution in [0.5, 0.6) is 0 Å². The van der Waals surface area contributed by atoms with Gasteiger partial charge in [-0.2, -0.15) is 4.99 Å². The van der Waals surface area contributed by atoms with Crippen LogP contribution < -0.4 is 4.90 Å². The van der Waals surface area contributed by atoms with Gasteiger partial charge in [0.25, 0.3) is 0 Å². The Bertz CT molecular complexity index is 758. The van der Waals surface area contributed by atoms with Crippen LogP contribution in [0.25, 0.3) is 0 Å². The standard InChI is InChI=1S/C16H20N2O3S2/c1-3-5-15(19)17-16-18(12-7-4-6-11(2)8-12)13-9-23(20,21)10-14(13)22-16/h4,6-8,13-14H,3,5,9-10H2,1-2H3/t13-,14-/m0/s1. The number of aryl methyl sites for hydroxylation is 1. The van der Waals surface area contributed by atoms with E-state index in [1.165, 1.54) is 11.8 Å². The number of amidine groups is 1. The number of benzene rings is 1. The maximum Gasteiger partial charge on any atom is 0.248 e. The van der Waals surface area contributed by atoms with Gasteiger partial charge in [-0.1, -0.05) is 30.8 Å². The number of carbonyl (C=O) groups is 1. The first kappa shape index (κ1) is 16.5. The Hall–Kier alpha value is -1.34. The van der Waals surface area contributed by atoms with E-state index in [0.717, 1.165) is 17.7 Å². The number of rotatable bonds is 3. The van der Waals surface area contributed by atoms with Crippen LogP contribution in [0.15, 0.2) is 29.3 Å². The molecule has 0 saturated carbocycles. The zero-order valence-electron chi connectivity index (χ0n) is 13.2. The second-order valence-corrected chi connectivity index (χ2v) is 9.41. The summed E-state index contributed by atoms with van der Waals surface area (Å²) in [4.78, 5) is 18.1. The van der Waals surface area contributed by atoms with Crippen LogP contribution in [-0.2, 0) is 14.6 Å². The van der Waals surface area contributed by atoms with Gasteiger partial charge in [-0.05, 0) is 31.0 Å². The average molecular weight is 352 g/mol. The third-order valence-corrected chi connectivity index (χ3v) is 7.24. The molecule has 2 aliphatic rings. The predicted octanol–water partition coefficient (Wildman–Crippen LogP) is 2.40. The number of anilines is 1. The van der Waals surface area contributed by atoms with E-state index >= 15 is 0 Å². The molecule has 0 aliphatic carbocycles. The van der Waals surface area contributed by atoms with Crippen LogP contribution in [0.3, 0.4) is 0 Å². The molecule has 3 rings (SSSR count). The fourth-order valence-corrected chi connectivity index (χ4v) is 6.95. The Labute approximate surface area is 141 Å². The maximum atomic E-state index is 12.0. The number of aliphatic imine (C=N–C) groups is 1. The summed E-state index contributed by atoms with van der Waals surface area (Å²) in [6.45, 7) is 3.94. The topological polar surface area (TPSA) is 66.8 Å². The molecule has 1 amide bonds. The molecule has 0 N–H and O–H groups in total. The number of nitrogens with zero attached hydrogens (tertiary/aromatic N) is 2. The van der Waals surface area contributed by atoms with Gasteiger partial charge in [0, 0.05) is 17.4 Å². The number of fused-ring (bicyclic) bond motifs is 1. The number of carbonyl (C=O) groups excluding carboxylic acids is 1. The van der Waals surface area contributed by atoms with Gasteiger partial charge in [0.1, 0.15) is 0 Å². The Morgan fingerprint density at radius 3 is 2.87 bits per heavy atom. The molecule has 2 heterocycles. The van der Waals surface area contributed by atoms with Crippen LogP contribution in [0.4, 0.5) is 5.69 Å². The van der Waals surface area contributed by atoms with Crippen molar-refractivity contribution in [3.8, 4) is 0 Å². The molecule has 0 radical (unpaired) electrons. The summed E-state index contributed by atoms with van der Waals surface area (Å²) in [5.41, 5.74) is 2.00. The molecule has 0 bridgehead atoms. The van der Waals surface area contributed by atoms with E-state index in [2.05, 4.69) is 4.99 Å². The predicted molar refractivity (Wildman–Crippen MR) is 94.8 cm³/mol. The molecule has 124 valence electrons. The van der Waals surface area contributed by atoms with Crippen molar-refractivity contribution in [1.82, 2.24) is 0 Å². The van der Waals surface area contributed by atoms with Gasteiger partial charge in [-0.3, -0.25) is 4.79 Å². The fourth-order valence-electron chi connectivity index (χ4n) is 3.02. The molecule has 2 fully saturated rings. The van der Waals surface area contributed by atoms with Crippen LogP contribution in [0.1, 0.15) is 25.3 Å². The summed E-state index contributed by atoms with van der Waals surface area (Å²) in [5, 5.41) is 0.590. The molecule has 1 aromatic rings. The molecule has 23 heavy (non-hydrogen) atoms. The highest BCUT2D eigenvalue weighted by atomic mass is 32.2. The second-order valence-electron chi connectivity index (χ2n) is 6.05. The highest BCUT2D eigenvalue weighted by Gasteiger charge is 2.49. The third-order valence-electron chi connectivity index (χ3n) is 4.03. The molecule has 2 atom stereocenters. The third kappa shape index (κ3) is 3.45. The molecule has 2 aliphatic heterocycles. The SMILES string of the molecule is CCCC(=O)N=C1S[C@H]2CS(=O)(=O)C[C@@H]2N1c1cccc(C)c1. The Morgan fingerprint density at radius 2 is 2.17 bits per heavy atom. The van der Waals surface area contributed by atoms with E-state index in [9.17, 15) is 13.2 Å². The molecular formula is C16H20N2O3S2. The van der Waals surface area contributed by atoms with Gasteiger partial charge in [-0.15, -0.1) is 0 Å². The number of sulfone groups is 1. The van der Waals surface area contributed by atoms with E-state index in [4.69, 9.17) is 0 Å². The summed E-state index contributed by atoms with van der Waals surface area (Å²) >= 11 is 1.42. The zero-order chi connectivity index (χ0) is 16.6.